The zero-order valence-corrected chi connectivity index (χ0v) is 18.3. The van der Waals surface area contributed by atoms with Gasteiger partial charge < -0.3 is 4.74 Å². The SMILES string of the molecule is CCOc1nc(-c2ccc(-c3ccccc3)cc2)cc(-c2cccc3ccccc23)c1C#N. The lowest BCUT2D eigenvalue weighted by molar-refractivity contribution is 0.326. The third-order valence-electron chi connectivity index (χ3n) is 5.75. The summed E-state index contributed by atoms with van der Waals surface area (Å²) in [5.41, 5.74) is 6.35. The summed E-state index contributed by atoms with van der Waals surface area (Å²) < 4.78 is 5.82. The summed E-state index contributed by atoms with van der Waals surface area (Å²) in [6.07, 6.45) is 0. The fourth-order valence-corrected chi connectivity index (χ4v) is 4.16. The molecule has 3 heteroatoms. The minimum atomic E-state index is 0.368. The molecule has 0 radical (unpaired) electrons. The molecule has 0 saturated heterocycles. The maximum absolute atomic E-state index is 10.0. The zero-order valence-electron chi connectivity index (χ0n) is 18.3. The predicted molar refractivity (Wildman–Crippen MR) is 134 cm³/mol. The summed E-state index contributed by atoms with van der Waals surface area (Å²) in [7, 11) is 0. The molecule has 33 heavy (non-hydrogen) atoms. The predicted octanol–water partition coefficient (Wildman–Crippen LogP) is 7.51. The monoisotopic (exact) mass is 426 g/mol. The van der Waals surface area contributed by atoms with Crippen LogP contribution in [0, 0.1) is 11.3 Å². The quantitative estimate of drug-likeness (QED) is 0.292. The number of fused-ring (bicyclic) bond motifs is 1. The standard InChI is InChI=1S/C30H22N2O/c1-2-33-30-28(20-31)27(26-14-8-12-23-11-6-7-13-25(23)26)19-29(32-30)24-17-15-22(16-18-24)21-9-4-3-5-10-21/h3-19H,2H2,1H3. The Kier molecular flexibility index (Phi) is 5.57. The van der Waals surface area contributed by atoms with Crippen LogP contribution in [0.1, 0.15) is 12.5 Å². The van der Waals surface area contributed by atoms with E-state index in [4.69, 9.17) is 9.72 Å². The summed E-state index contributed by atoms with van der Waals surface area (Å²) in [5.74, 6) is 0.368. The highest BCUT2D eigenvalue weighted by atomic mass is 16.5. The Hall–Kier alpha value is -4.42. The Morgan fingerprint density at radius 1 is 0.727 bits per heavy atom. The summed E-state index contributed by atoms with van der Waals surface area (Å²) in [6, 6.07) is 37.3. The molecule has 0 aliphatic rings. The molecular formula is C30H22N2O. The van der Waals surface area contributed by atoms with E-state index in [1.54, 1.807) is 0 Å². The average molecular weight is 427 g/mol. The number of rotatable bonds is 5. The molecule has 0 fully saturated rings. The van der Waals surface area contributed by atoms with E-state index in [2.05, 4.69) is 66.7 Å². The molecule has 0 aliphatic carbocycles. The summed E-state index contributed by atoms with van der Waals surface area (Å²) in [6.45, 7) is 2.34. The van der Waals surface area contributed by atoms with Crippen LogP contribution in [0.2, 0.25) is 0 Å². The van der Waals surface area contributed by atoms with E-state index in [1.165, 1.54) is 5.56 Å². The van der Waals surface area contributed by atoms with Crippen molar-refractivity contribution in [3.05, 3.63) is 109 Å². The van der Waals surface area contributed by atoms with Crippen LogP contribution in [0.4, 0.5) is 0 Å². The van der Waals surface area contributed by atoms with Crippen molar-refractivity contribution >= 4 is 10.8 Å². The second kappa shape index (κ2) is 8.98. The number of pyridine rings is 1. The van der Waals surface area contributed by atoms with Gasteiger partial charge in [0.25, 0.3) is 0 Å². The van der Waals surface area contributed by atoms with Crippen LogP contribution in [-0.4, -0.2) is 11.6 Å². The maximum atomic E-state index is 10.0. The van der Waals surface area contributed by atoms with Crippen molar-refractivity contribution in [2.45, 2.75) is 6.92 Å². The van der Waals surface area contributed by atoms with Crippen molar-refractivity contribution in [2.75, 3.05) is 6.61 Å². The lowest BCUT2D eigenvalue weighted by atomic mass is 9.94. The Morgan fingerprint density at radius 2 is 1.39 bits per heavy atom. The van der Waals surface area contributed by atoms with E-state index in [-0.39, 0.29) is 0 Å². The molecule has 0 saturated carbocycles. The third kappa shape index (κ3) is 3.95. The van der Waals surface area contributed by atoms with Crippen molar-refractivity contribution in [3.63, 3.8) is 0 Å². The van der Waals surface area contributed by atoms with Gasteiger partial charge in [-0.25, -0.2) is 4.98 Å². The molecule has 0 spiro atoms. The van der Waals surface area contributed by atoms with Gasteiger partial charge in [-0.15, -0.1) is 0 Å². The molecule has 5 aromatic rings. The Balaban J connectivity index is 1.68. The van der Waals surface area contributed by atoms with Crippen molar-refractivity contribution in [3.8, 4) is 45.5 Å². The molecule has 0 atom stereocenters. The average Bonchev–Trinajstić information content (AvgIpc) is 2.89. The number of hydrogen-bond acceptors (Lipinski definition) is 3. The van der Waals surface area contributed by atoms with E-state index >= 15 is 0 Å². The molecule has 158 valence electrons. The molecule has 1 aromatic heterocycles. The first-order valence-electron chi connectivity index (χ1n) is 11.0. The molecular weight excluding hydrogens is 404 g/mol. The lowest BCUT2D eigenvalue weighted by Gasteiger charge is -2.14. The van der Waals surface area contributed by atoms with Crippen LogP contribution in [0.3, 0.4) is 0 Å². The van der Waals surface area contributed by atoms with Gasteiger partial charge in [0.1, 0.15) is 11.6 Å². The Morgan fingerprint density at radius 3 is 2.15 bits per heavy atom. The van der Waals surface area contributed by atoms with Crippen molar-refractivity contribution in [2.24, 2.45) is 0 Å². The molecule has 0 unspecified atom stereocenters. The Bertz CT molecular complexity index is 1460. The molecule has 4 aromatic carbocycles. The number of benzene rings is 4. The first kappa shape index (κ1) is 20.5. The fraction of sp³-hybridized carbons (Fsp3) is 0.0667. The van der Waals surface area contributed by atoms with E-state index in [0.29, 0.717) is 18.1 Å². The van der Waals surface area contributed by atoms with Gasteiger partial charge in [0.15, 0.2) is 0 Å². The summed E-state index contributed by atoms with van der Waals surface area (Å²) >= 11 is 0. The topological polar surface area (TPSA) is 45.9 Å². The molecule has 0 bridgehead atoms. The molecule has 0 aliphatic heterocycles. The largest absolute Gasteiger partial charge is 0.477 e. The zero-order chi connectivity index (χ0) is 22.6. The van der Waals surface area contributed by atoms with Gasteiger partial charge in [0.2, 0.25) is 5.88 Å². The molecule has 1 heterocycles. The maximum Gasteiger partial charge on any atom is 0.232 e. The van der Waals surface area contributed by atoms with Gasteiger partial charge in [0, 0.05) is 11.1 Å². The highest BCUT2D eigenvalue weighted by Crippen LogP contribution is 2.37. The number of hydrogen-bond donors (Lipinski definition) is 0. The minimum Gasteiger partial charge on any atom is -0.477 e. The molecule has 0 N–H and O–H groups in total. The van der Waals surface area contributed by atoms with Gasteiger partial charge in [-0.3, -0.25) is 0 Å². The van der Waals surface area contributed by atoms with Crippen LogP contribution in [0.25, 0.3) is 44.3 Å². The Labute approximate surface area is 193 Å². The van der Waals surface area contributed by atoms with Crippen LogP contribution in [0.5, 0.6) is 5.88 Å². The normalized spacial score (nSPS) is 10.7. The van der Waals surface area contributed by atoms with Gasteiger partial charge in [0.05, 0.1) is 12.3 Å². The number of aromatic nitrogens is 1. The molecule has 5 rings (SSSR count). The second-order valence-corrected chi connectivity index (χ2v) is 7.75. The fourth-order valence-electron chi connectivity index (χ4n) is 4.16. The van der Waals surface area contributed by atoms with Gasteiger partial charge in [-0.05, 0) is 40.5 Å². The van der Waals surface area contributed by atoms with Crippen LogP contribution in [-0.2, 0) is 0 Å². The van der Waals surface area contributed by atoms with E-state index in [1.807, 2.05) is 49.4 Å². The van der Waals surface area contributed by atoms with Gasteiger partial charge >= 0.3 is 0 Å². The van der Waals surface area contributed by atoms with E-state index < -0.39 is 0 Å². The van der Waals surface area contributed by atoms with E-state index in [9.17, 15) is 5.26 Å². The highest BCUT2D eigenvalue weighted by Gasteiger charge is 2.18. The van der Waals surface area contributed by atoms with Gasteiger partial charge in [-0.2, -0.15) is 5.26 Å². The van der Waals surface area contributed by atoms with E-state index in [0.717, 1.165) is 38.7 Å². The summed E-state index contributed by atoms with van der Waals surface area (Å²) in [5, 5.41) is 12.2. The van der Waals surface area contributed by atoms with Crippen molar-refractivity contribution in [1.82, 2.24) is 4.98 Å². The summed E-state index contributed by atoms with van der Waals surface area (Å²) in [4.78, 5) is 4.73. The minimum absolute atomic E-state index is 0.368. The van der Waals surface area contributed by atoms with Crippen LogP contribution < -0.4 is 4.74 Å². The van der Waals surface area contributed by atoms with Crippen LogP contribution >= 0.6 is 0 Å². The van der Waals surface area contributed by atoms with Gasteiger partial charge in [-0.1, -0.05) is 97.1 Å². The molecule has 3 nitrogen and oxygen atoms in total. The van der Waals surface area contributed by atoms with Crippen molar-refractivity contribution < 1.29 is 4.74 Å². The highest BCUT2D eigenvalue weighted by molar-refractivity contribution is 5.98. The third-order valence-corrected chi connectivity index (χ3v) is 5.75. The lowest BCUT2D eigenvalue weighted by Crippen LogP contribution is -2.01. The number of ether oxygens (including phenoxy) is 1. The first-order valence-corrected chi connectivity index (χ1v) is 11.0. The van der Waals surface area contributed by atoms with Crippen molar-refractivity contribution in [1.29, 1.82) is 5.26 Å². The smallest absolute Gasteiger partial charge is 0.232 e. The first-order chi connectivity index (χ1) is 16.3. The second-order valence-electron chi connectivity index (χ2n) is 7.75. The van der Waals surface area contributed by atoms with Crippen LogP contribution in [0.15, 0.2) is 103 Å². The number of nitriles is 1. The number of nitrogens with zero attached hydrogens (tertiary/aromatic N) is 2. The molecule has 0 amide bonds.